The molecule has 0 N–H and O–H groups in total. The minimum Gasteiger partial charge on any atom is -0.297 e. The minimum absolute atomic E-state index is 0.970. The summed E-state index contributed by atoms with van der Waals surface area (Å²) in [5.74, 6) is 3.05. The van der Waals surface area contributed by atoms with Gasteiger partial charge in [-0.25, -0.2) is 0 Å². The summed E-state index contributed by atoms with van der Waals surface area (Å²) < 4.78 is 0. The Morgan fingerprint density at radius 3 is 2.75 bits per heavy atom. The van der Waals surface area contributed by atoms with E-state index in [1.807, 2.05) is 0 Å². The van der Waals surface area contributed by atoms with Crippen LogP contribution in [0.25, 0.3) is 0 Å². The predicted octanol–water partition coefficient (Wildman–Crippen LogP) is 2.13. The van der Waals surface area contributed by atoms with Crippen molar-refractivity contribution in [3.05, 3.63) is 0 Å². The highest BCUT2D eigenvalue weighted by Crippen LogP contribution is 2.52. The Kier molecular flexibility index (Phi) is 1.39. The fourth-order valence-corrected chi connectivity index (χ4v) is 4.08. The molecule has 2 saturated heterocycles. The summed E-state index contributed by atoms with van der Waals surface area (Å²) in [7, 11) is 0. The molecule has 0 aromatic carbocycles. The van der Waals surface area contributed by atoms with E-state index in [0.717, 1.165) is 29.8 Å². The summed E-state index contributed by atoms with van der Waals surface area (Å²) >= 11 is 0. The van der Waals surface area contributed by atoms with E-state index in [9.17, 15) is 0 Å². The van der Waals surface area contributed by atoms with E-state index in [1.54, 1.807) is 0 Å². The van der Waals surface area contributed by atoms with Gasteiger partial charge in [0.1, 0.15) is 0 Å². The third kappa shape index (κ3) is 0.693. The van der Waals surface area contributed by atoms with Crippen LogP contribution >= 0.6 is 0 Å². The van der Waals surface area contributed by atoms with E-state index in [0.29, 0.717) is 0 Å². The molecule has 0 aromatic rings. The highest BCUT2D eigenvalue weighted by Gasteiger charge is 2.54. The standard InChI is InChI=1S/C11H19N/c1-7-8(2)11-6-9(7)10-4-3-5-12(10)11/h7-11H,3-6H2,1-2H3. The van der Waals surface area contributed by atoms with Gasteiger partial charge < -0.3 is 0 Å². The molecule has 0 amide bonds. The number of piperidine rings is 1. The molecule has 5 unspecified atom stereocenters. The smallest absolute Gasteiger partial charge is 0.0130 e. The maximum Gasteiger partial charge on any atom is 0.0130 e. The zero-order chi connectivity index (χ0) is 8.29. The van der Waals surface area contributed by atoms with E-state index in [-0.39, 0.29) is 0 Å². The molecule has 1 saturated carbocycles. The van der Waals surface area contributed by atoms with Crippen molar-refractivity contribution in [2.24, 2.45) is 17.8 Å². The van der Waals surface area contributed by atoms with Crippen molar-refractivity contribution < 1.29 is 0 Å². The van der Waals surface area contributed by atoms with Gasteiger partial charge >= 0.3 is 0 Å². The van der Waals surface area contributed by atoms with E-state index in [2.05, 4.69) is 18.7 Å². The number of hydrogen-bond acceptors (Lipinski definition) is 1. The lowest BCUT2D eigenvalue weighted by atomic mass is 9.83. The zero-order valence-electron chi connectivity index (χ0n) is 8.16. The van der Waals surface area contributed by atoms with Gasteiger partial charge in [-0.15, -0.1) is 0 Å². The number of fused-ring (bicyclic) bond motifs is 5. The van der Waals surface area contributed by atoms with Crippen LogP contribution in [0.5, 0.6) is 0 Å². The van der Waals surface area contributed by atoms with Gasteiger partial charge in [-0.2, -0.15) is 0 Å². The Bertz CT molecular complexity index is 181. The molecular weight excluding hydrogens is 146 g/mol. The Labute approximate surface area is 75.1 Å². The first kappa shape index (κ1) is 7.37. The van der Waals surface area contributed by atoms with E-state index in [4.69, 9.17) is 0 Å². The molecule has 1 nitrogen and oxygen atoms in total. The fraction of sp³-hybridized carbons (Fsp3) is 1.00. The molecule has 3 fully saturated rings. The average Bonchev–Trinajstić information content (AvgIpc) is 2.63. The molecule has 1 aliphatic carbocycles. The molecule has 2 bridgehead atoms. The summed E-state index contributed by atoms with van der Waals surface area (Å²) in [5, 5.41) is 0. The fourth-order valence-electron chi connectivity index (χ4n) is 4.08. The molecule has 1 heteroatoms. The van der Waals surface area contributed by atoms with Gasteiger partial charge in [0, 0.05) is 12.1 Å². The summed E-state index contributed by atoms with van der Waals surface area (Å²) in [4.78, 5) is 2.81. The van der Waals surface area contributed by atoms with Gasteiger partial charge in [0.2, 0.25) is 0 Å². The molecule has 0 radical (unpaired) electrons. The van der Waals surface area contributed by atoms with Crippen LogP contribution in [0, 0.1) is 17.8 Å². The second-order valence-corrected chi connectivity index (χ2v) is 5.13. The maximum atomic E-state index is 2.81. The van der Waals surface area contributed by atoms with Crippen molar-refractivity contribution in [3.8, 4) is 0 Å². The Hall–Kier alpha value is -0.0400. The van der Waals surface area contributed by atoms with Crippen molar-refractivity contribution in [2.75, 3.05) is 6.54 Å². The molecule has 5 atom stereocenters. The number of hydrogen-bond donors (Lipinski definition) is 0. The van der Waals surface area contributed by atoms with Crippen LogP contribution in [0.3, 0.4) is 0 Å². The van der Waals surface area contributed by atoms with Gasteiger partial charge in [0.15, 0.2) is 0 Å². The Morgan fingerprint density at radius 1 is 1.08 bits per heavy atom. The SMILES string of the molecule is CC1C(C)C2CC1C1CCCN21. The van der Waals surface area contributed by atoms with Gasteiger partial charge in [0.25, 0.3) is 0 Å². The van der Waals surface area contributed by atoms with Crippen LogP contribution < -0.4 is 0 Å². The minimum atomic E-state index is 0.970. The maximum absolute atomic E-state index is 2.81. The second kappa shape index (κ2) is 2.25. The summed E-state index contributed by atoms with van der Waals surface area (Å²) in [6.45, 7) is 6.34. The first-order valence-electron chi connectivity index (χ1n) is 5.55. The number of rotatable bonds is 0. The molecule has 3 rings (SSSR count). The van der Waals surface area contributed by atoms with Crippen LogP contribution in [0.15, 0.2) is 0 Å². The zero-order valence-corrected chi connectivity index (χ0v) is 8.16. The monoisotopic (exact) mass is 165 g/mol. The first-order valence-corrected chi connectivity index (χ1v) is 5.55. The van der Waals surface area contributed by atoms with Crippen molar-refractivity contribution in [1.82, 2.24) is 4.90 Å². The molecule has 0 aromatic heterocycles. The highest BCUT2D eigenvalue weighted by atomic mass is 15.3. The predicted molar refractivity (Wildman–Crippen MR) is 50.0 cm³/mol. The van der Waals surface area contributed by atoms with Gasteiger partial charge in [-0.3, -0.25) is 4.90 Å². The molecule has 12 heavy (non-hydrogen) atoms. The quantitative estimate of drug-likeness (QED) is 0.531. The molecule has 0 spiro atoms. The van der Waals surface area contributed by atoms with Crippen LogP contribution in [-0.4, -0.2) is 23.5 Å². The second-order valence-electron chi connectivity index (χ2n) is 5.13. The van der Waals surface area contributed by atoms with Crippen molar-refractivity contribution in [3.63, 3.8) is 0 Å². The van der Waals surface area contributed by atoms with Gasteiger partial charge in [-0.1, -0.05) is 13.8 Å². The summed E-state index contributed by atoms with van der Waals surface area (Å²) in [6, 6.07) is 1.97. The first-order chi connectivity index (χ1) is 5.79. The number of nitrogens with zero attached hydrogens (tertiary/aromatic N) is 1. The lowest BCUT2D eigenvalue weighted by molar-refractivity contribution is 0.101. The van der Waals surface area contributed by atoms with Crippen LogP contribution in [0.4, 0.5) is 0 Å². The lowest BCUT2D eigenvalue weighted by Crippen LogP contribution is -2.43. The summed E-state index contributed by atoms with van der Waals surface area (Å²) in [6.07, 6.45) is 4.49. The molecule has 2 heterocycles. The van der Waals surface area contributed by atoms with Crippen molar-refractivity contribution in [2.45, 2.75) is 45.2 Å². The molecule has 2 aliphatic heterocycles. The van der Waals surface area contributed by atoms with Crippen LogP contribution in [0.2, 0.25) is 0 Å². The van der Waals surface area contributed by atoms with Crippen LogP contribution in [0.1, 0.15) is 33.1 Å². The summed E-state index contributed by atoms with van der Waals surface area (Å²) in [5.41, 5.74) is 0. The van der Waals surface area contributed by atoms with Crippen molar-refractivity contribution >= 4 is 0 Å². The third-order valence-electron chi connectivity index (χ3n) is 4.89. The largest absolute Gasteiger partial charge is 0.297 e. The average molecular weight is 165 g/mol. The highest BCUT2D eigenvalue weighted by molar-refractivity contribution is 5.07. The lowest BCUT2D eigenvalue weighted by Gasteiger charge is -2.37. The van der Waals surface area contributed by atoms with Crippen molar-refractivity contribution in [1.29, 1.82) is 0 Å². The third-order valence-corrected chi connectivity index (χ3v) is 4.89. The van der Waals surface area contributed by atoms with Gasteiger partial charge in [0.05, 0.1) is 0 Å². The topological polar surface area (TPSA) is 3.24 Å². The van der Waals surface area contributed by atoms with E-state index in [1.165, 1.54) is 25.8 Å². The Balaban J connectivity index is 1.92. The van der Waals surface area contributed by atoms with Gasteiger partial charge in [-0.05, 0) is 43.6 Å². The van der Waals surface area contributed by atoms with Crippen LogP contribution in [-0.2, 0) is 0 Å². The van der Waals surface area contributed by atoms with E-state index >= 15 is 0 Å². The molecular formula is C11H19N. The Morgan fingerprint density at radius 2 is 1.92 bits per heavy atom. The normalized spacial score (nSPS) is 58.0. The molecule has 68 valence electrons. The molecule has 3 aliphatic rings. The van der Waals surface area contributed by atoms with E-state index < -0.39 is 0 Å².